The number of rotatable bonds is 2. The third-order valence-electron chi connectivity index (χ3n) is 2.89. The maximum Gasteiger partial charge on any atom is 0.0934 e. The highest BCUT2D eigenvalue weighted by molar-refractivity contribution is 5.96. The van der Waals surface area contributed by atoms with Crippen LogP contribution in [0, 0.1) is 0 Å². The molecule has 19 heavy (non-hydrogen) atoms. The standard InChI is InChI=1S/C16H12N2O/c19-16-11-10-15(13-8-4-5-9-14(13)16)18-17-12-6-2-1-3-7-12/h1-11,19H/p-1. The number of fused-ring (bicyclic) bond motifs is 1. The van der Waals surface area contributed by atoms with Crippen molar-refractivity contribution >= 4 is 22.1 Å². The van der Waals surface area contributed by atoms with Gasteiger partial charge in [0.2, 0.25) is 0 Å². The van der Waals surface area contributed by atoms with Crippen molar-refractivity contribution in [2.24, 2.45) is 10.2 Å². The van der Waals surface area contributed by atoms with Crippen molar-refractivity contribution in [1.29, 1.82) is 0 Å². The zero-order valence-corrected chi connectivity index (χ0v) is 10.2. The quantitative estimate of drug-likeness (QED) is 0.622. The third kappa shape index (κ3) is 2.31. The molecule has 3 heteroatoms. The van der Waals surface area contributed by atoms with E-state index in [9.17, 15) is 5.11 Å². The lowest BCUT2D eigenvalue weighted by Crippen LogP contribution is -1.90. The van der Waals surface area contributed by atoms with Crippen molar-refractivity contribution < 1.29 is 5.11 Å². The van der Waals surface area contributed by atoms with E-state index in [1.54, 1.807) is 12.1 Å². The van der Waals surface area contributed by atoms with Gasteiger partial charge in [0.05, 0.1) is 11.4 Å². The summed E-state index contributed by atoms with van der Waals surface area (Å²) in [6.45, 7) is 0. The van der Waals surface area contributed by atoms with Gasteiger partial charge in [-0.15, -0.1) is 10.9 Å². The Morgan fingerprint density at radius 2 is 1.32 bits per heavy atom. The molecule has 0 aliphatic carbocycles. The first-order valence-electron chi connectivity index (χ1n) is 6.00. The molecule has 0 bridgehead atoms. The van der Waals surface area contributed by atoms with E-state index in [-0.39, 0.29) is 5.75 Å². The lowest BCUT2D eigenvalue weighted by molar-refractivity contribution is -0.265. The average molecular weight is 247 g/mol. The molecule has 0 saturated carbocycles. The summed E-state index contributed by atoms with van der Waals surface area (Å²) in [6.07, 6.45) is 0. The Morgan fingerprint density at radius 3 is 2.11 bits per heavy atom. The molecule has 0 saturated heterocycles. The summed E-state index contributed by atoms with van der Waals surface area (Å²) >= 11 is 0. The van der Waals surface area contributed by atoms with Gasteiger partial charge in [-0.25, -0.2) is 0 Å². The minimum absolute atomic E-state index is 0.00858. The van der Waals surface area contributed by atoms with Crippen LogP contribution in [0.25, 0.3) is 10.8 Å². The van der Waals surface area contributed by atoms with E-state index in [0.717, 1.165) is 11.1 Å². The Labute approximate surface area is 110 Å². The molecule has 0 fully saturated rings. The SMILES string of the molecule is [O-]c1ccc(N=Nc2ccccc2)c2ccccc12. The maximum atomic E-state index is 11.7. The Kier molecular flexibility index (Phi) is 2.94. The fourth-order valence-corrected chi connectivity index (χ4v) is 1.95. The highest BCUT2D eigenvalue weighted by Crippen LogP contribution is 2.31. The minimum atomic E-state index is 0.00858. The Bertz CT molecular complexity index is 736. The van der Waals surface area contributed by atoms with Gasteiger partial charge in [-0.3, -0.25) is 0 Å². The van der Waals surface area contributed by atoms with Crippen molar-refractivity contribution in [1.82, 2.24) is 0 Å². The lowest BCUT2D eigenvalue weighted by atomic mass is 10.1. The molecular formula is C16H11N2O-. The summed E-state index contributed by atoms with van der Waals surface area (Å²) in [5.41, 5.74) is 1.50. The van der Waals surface area contributed by atoms with Gasteiger partial charge in [0.25, 0.3) is 0 Å². The summed E-state index contributed by atoms with van der Waals surface area (Å²) in [5.74, 6) is 0.00858. The summed E-state index contributed by atoms with van der Waals surface area (Å²) in [5, 5.41) is 21.6. The second-order valence-corrected chi connectivity index (χ2v) is 4.16. The molecule has 0 N–H and O–H groups in total. The van der Waals surface area contributed by atoms with Crippen molar-refractivity contribution in [2.45, 2.75) is 0 Å². The number of azo groups is 1. The molecule has 0 unspecified atom stereocenters. The highest BCUT2D eigenvalue weighted by atomic mass is 16.3. The Balaban J connectivity index is 2.07. The first-order valence-corrected chi connectivity index (χ1v) is 6.00. The van der Waals surface area contributed by atoms with Crippen LogP contribution < -0.4 is 5.11 Å². The number of hydrogen-bond donors (Lipinski definition) is 0. The third-order valence-corrected chi connectivity index (χ3v) is 2.89. The van der Waals surface area contributed by atoms with E-state index in [1.165, 1.54) is 6.07 Å². The van der Waals surface area contributed by atoms with E-state index in [0.29, 0.717) is 11.1 Å². The molecule has 0 radical (unpaired) electrons. The monoisotopic (exact) mass is 247 g/mol. The number of hydrogen-bond acceptors (Lipinski definition) is 3. The van der Waals surface area contributed by atoms with Crippen molar-refractivity contribution in [3.63, 3.8) is 0 Å². The van der Waals surface area contributed by atoms with E-state index < -0.39 is 0 Å². The van der Waals surface area contributed by atoms with Crippen LogP contribution in [0.2, 0.25) is 0 Å². The summed E-state index contributed by atoms with van der Waals surface area (Å²) in [7, 11) is 0. The molecule has 0 spiro atoms. The van der Waals surface area contributed by atoms with Gasteiger partial charge in [-0.2, -0.15) is 5.11 Å². The molecule has 3 aromatic carbocycles. The molecule has 3 aromatic rings. The van der Waals surface area contributed by atoms with Crippen molar-refractivity contribution in [2.75, 3.05) is 0 Å². The fraction of sp³-hybridized carbons (Fsp3) is 0. The molecule has 0 heterocycles. The molecule has 3 rings (SSSR count). The second kappa shape index (κ2) is 4.90. The maximum absolute atomic E-state index is 11.7. The molecule has 0 aromatic heterocycles. The van der Waals surface area contributed by atoms with Crippen LogP contribution in [-0.2, 0) is 0 Å². The molecule has 0 atom stereocenters. The van der Waals surface area contributed by atoms with Crippen molar-refractivity contribution in [3.05, 3.63) is 66.7 Å². The Morgan fingerprint density at radius 1 is 0.632 bits per heavy atom. The van der Waals surface area contributed by atoms with Gasteiger partial charge < -0.3 is 5.11 Å². The van der Waals surface area contributed by atoms with Crippen LogP contribution in [-0.4, -0.2) is 0 Å². The minimum Gasteiger partial charge on any atom is -0.872 e. The first-order chi connectivity index (χ1) is 9.34. The van der Waals surface area contributed by atoms with Crippen molar-refractivity contribution in [3.8, 4) is 5.75 Å². The van der Waals surface area contributed by atoms with Crippen LogP contribution in [0.1, 0.15) is 0 Å². The first kappa shape index (κ1) is 11.4. The molecule has 92 valence electrons. The molecule has 0 aliphatic heterocycles. The van der Waals surface area contributed by atoms with Crippen LogP contribution >= 0.6 is 0 Å². The Hall–Kier alpha value is -2.68. The summed E-state index contributed by atoms with van der Waals surface area (Å²) in [6, 6.07) is 20.2. The normalized spacial score (nSPS) is 11.2. The second-order valence-electron chi connectivity index (χ2n) is 4.16. The lowest BCUT2D eigenvalue weighted by Gasteiger charge is -2.10. The topological polar surface area (TPSA) is 47.8 Å². The fourth-order valence-electron chi connectivity index (χ4n) is 1.95. The van der Waals surface area contributed by atoms with Crippen LogP contribution in [0.5, 0.6) is 5.75 Å². The molecule has 0 amide bonds. The molecule has 0 aliphatic rings. The smallest absolute Gasteiger partial charge is 0.0934 e. The van der Waals surface area contributed by atoms with Crippen LogP contribution in [0.3, 0.4) is 0 Å². The number of benzene rings is 3. The summed E-state index contributed by atoms with van der Waals surface area (Å²) < 4.78 is 0. The highest BCUT2D eigenvalue weighted by Gasteiger charge is 1.99. The van der Waals surface area contributed by atoms with Gasteiger partial charge in [0, 0.05) is 5.39 Å². The molecule has 3 nitrogen and oxygen atoms in total. The van der Waals surface area contributed by atoms with E-state index in [1.807, 2.05) is 48.5 Å². The van der Waals surface area contributed by atoms with Gasteiger partial charge in [0.1, 0.15) is 0 Å². The predicted octanol–water partition coefficient (Wildman–Crippen LogP) is 4.33. The average Bonchev–Trinajstić information content (AvgIpc) is 2.48. The van der Waals surface area contributed by atoms with Gasteiger partial charge in [0.15, 0.2) is 0 Å². The largest absolute Gasteiger partial charge is 0.872 e. The van der Waals surface area contributed by atoms with Gasteiger partial charge in [-0.05, 0) is 23.6 Å². The van der Waals surface area contributed by atoms with Gasteiger partial charge in [-0.1, -0.05) is 48.5 Å². The van der Waals surface area contributed by atoms with E-state index >= 15 is 0 Å². The van der Waals surface area contributed by atoms with Crippen LogP contribution in [0.15, 0.2) is 77.0 Å². The summed E-state index contributed by atoms with van der Waals surface area (Å²) in [4.78, 5) is 0. The zero-order valence-electron chi connectivity index (χ0n) is 10.2. The van der Waals surface area contributed by atoms with E-state index in [2.05, 4.69) is 10.2 Å². The number of nitrogens with zero attached hydrogens (tertiary/aromatic N) is 2. The predicted molar refractivity (Wildman–Crippen MR) is 74.0 cm³/mol. The van der Waals surface area contributed by atoms with Gasteiger partial charge >= 0.3 is 0 Å². The molecular weight excluding hydrogens is 236 g/mol. The van der Waals surface area contributed by atoms with Crippen LogP contribution in [0.4, 0.5) is 11.4 Å². The zero-order chi connectivity index (χ0) is 13.1. The van der Waals surface area contributed by atoms with E-state index in [4.69, 9.17) is 0 Å².